The topological polar surface area (TPSA) is 117 Å². The highest BCUT2D eigenvalue weighted by Gasteiger charge is 2.24. The van der Waals surface area contributed by atoms with E-state index in [0.29, 0.717) is 0 Å². The first-order valence-electron chi connectivity index (χ1n) is 2.34. The summed E-state index contributed by atoms with van der Waals surface area (Å²) in [6.45, 7) is 0. The lowest BCUT2D eigenvalue weighted by atomic mass is 10.7. The Morgan fingerprint density at radius 2 is 2.00 bits per heavy atom. The quantitative estimate of drug-likeness (QED) is 0.269. The van der Waals surface area contributed by atoms with E-state index in [1.54, 1.807) is 0 Å². The molecule has 0 aromatic carbocycles. The SMILES string of the molecule is NC1=C(N)N(N)C(N)O1. The van der Waals surface area contributed by atoms with Gasteiger partial charge in [-0.2, -0.15) is 0 Å². The zero-order chi connectivity index (χ0) is 7.02. The lowest BCUT2D eigenvalue weighted by molar-refractivity contribution is 0.0447. The van der Waals surface area contributed by atoms with Crippen LogP contribution in [0.4, 0.5) is 0 Å². The van der Waals surface area contributed by atoms with Crippen molar-refractivity contribution in [3.63, 3.8) is 0 Å². The lowest BCUT2D eigenvalue weighted by Crippen LogP contribution is -2.44. The first kappa shape index (κ1) is 5.99. The molecule has 0 bridgehead atoms. The molecule has 9 heavy (non-hydrogen) atoms. The van der Waals surface area contributed by atoms with Crippen molar-refractivity contribution in [2.24, 2.45) is 23.0 Å². The second kappa shape index (κ2) is 1.67. The van der Waals surface area contributed by atoms with Crippen molar-refractivity contribution < 1.29 is 4.74 Å². The maximum Gasteiger partial charge on any atom is 0.243 e. The van der Waals surface area contributed by atoms with Crippen molar-refractivity contribution in [1.82, 2.24) is 5.01 Å². The molecular formula is C3H9N5O. The van der Waals surface area contributed by atoms with Crippen molar-refractivity contribution in [2.75, 3.05) is 0 Å². The molecule has 0 radical (unpaired) electrons. The van der Waals surface area contributed by atoms with Crippen LogP contribution in [0.15, 0.2) is 11.7 Å². The van der Waals surface area contributed by atoms with Gasteiger partial charge in [0.05, 0.1) is 0 Å². The molecular weight excluding hydrogens is 122 g/mol. The number of ether oxygens (including phenoxy) is 1. The molecule has 1 aliphatic rings. The Bertz CT molecular complexity index is 154. The molecule has 0 saturated carbocycles. The van der Waals surface area contributed by atoms with Crippen molar-refractivity contribution in [1.29, 1.82) is 0 Å². The Morgan fingerprint density at radius 1 is 1.44 bits per heavy atom. The Morgan fingerprint density at radius 3 is 2.11 bits per heavy atom. The molecule has 0 aromatic rings. The molecule has 1 heterocycles. The molecule has 6 nitrogen and oxygen atoms in total. The summed E-state index contributed by atoms with van der Waals surface area (Å²) in [5, 5.41) is 1.05. The van der Waals surface area contributed by atoms with Crippen LogP contribution in [0.1, 0.15) is 0 Å². The van der Waals surface area contributed by atoms with Crippen LogP contribution in [0.3, 0.4) is 0 Å². The van der Waals surface area contributed by atoms with E-state index < -0.39 is 6.35 Å². The minimum atomic E-state index is -0.745. The molecule has 8 N–H and O–H groups in total. The minimum absolute atomic E-state index is 0.0741. The van der Waals surface area contributed by atoms with E-state index in [-0.39, 0.29) is 11.7 Å². The molecule has 1 aliphatic heterocycles. The van der Waals surface area contributed by atoms with E-state index in [1.165, 1.54) is 0 Å². The van der Waals surface area contributed by atoms with Gasteiger partial charge >= 0.3 is 0 Å². The molecule has 52 valence electrons. The van der Waals surface area contributed by atoms with Crippen LogP contribution >= 0.6 is 0 Å². The van der Waals surface area contributed by atoms with Crippen molar-refractivity contribution in [2.45, 2.75) is 6.35 Å². The van der Waals surface area contributed by atoms with Gasteiger partial charge in [-0.25, -0.2) is 10.9 Å². The van der Waals surface area contributed by atoms with Gasteiger partial charge in [0.1, 0.15) is 0 Å². The number of hydrogen-bond acceptors (Lipinski definition) is 6. The van der Waals surface area contributed by atoms with E-state index in [2.05, 4.69) is 0 Å². The van der Waals surface area contributed by atoms with E-state index in [4.69, 9.17) is 27.8 Å². The highest BCUT2D eigenvalue weighted by Crippen LogP contribution is 2.09. The molecule has 6 heteroatoms. The highest BCUT2D eigenvalue weighted by molar-refractivity contribution is 5.03. The number of nitrogens with two attached hydrogens (primary N) is 4. The fourth-order valence-corrected chi connectivity index (χ4v) is 0.512. The standard InChI is InChI=1S/C3H9N5O/c4-1-2(5)9-3(6)8(1)7/h3H,4-7H2. The summed E-state index contributed by atoms with van der Waals surface area (Å²) in [6.07, 6.45) is -0.745. The maximum atomic E-state index is 5.26. The van der Waals surface area contributed by atoms with Crippen LogP contribution in [0.5, 0.6) is 0 Å². The van der Waals surface area contributed by atoms with Gasteiger partial charge in [-0.05, 0) is 0 Å². The van der Waals surface area contributed by atoms with Crippen LogP contribution in [0, 0.1) is 0 Å². The van der Waals surface area contributed by atoms with Crippen molar-refractivity contribution >= 4 is 0 Å². The Hall–Kier alpha value is -1.14. The van der Waals surface area contributed by atoms with Crippen molar-refractivity contribution in [3.8, 4) is 0 Å². The van der Waals surface area contributed by atoms with Gasteiger partial charge in [0.25, 0.3) is 0 Å². The van der Waals surface area contributed by atoms with Crippen LogP contribution in [-0.2, 0) is 4.74 Å². The van der Waals surface area contributed by atoms with Gasteiger partial charge < -0.3 is 16.2 Å². The molecule has 1 atom stereocenters. The number of hydrogen-bond donors (Lipinski definition) is 4. The van der Waals surface area contributed by atoms with E-state index in [9.17, 15) is 0 Å². The molecule has 0 amide bonds. The molecule has 0 saturated heterocycles. The summed E-state index contributed by atoms with van der Waals surface area (Å²) < 4.78 is 4.70. The van der Waals surface area contributed by atoms with Crippen molar-refractivity contribution in [3.05, 3.63) is 11.7 Å². The zero-order valence-corrected chi connectivity index (χ0v) is 4.74. The first-order valence-corrected chi connectivity index (χ1v) is 2.34. The molecule has 0 aromatic heterocycles. The normalized spacial score (nSPS) is 26.9. The molecule has 0 aliphatic carbocycles. The summed E-state index contributed by atoms with van der Waals surface area (Å²) in [5.41, 5.74) is 15.7. The average molecular weight is 131 g/mol. The Kier molecular flexibility index (Phi) is 1.11. The van der Waals surface area contributed by atoms with Gasteiger partial charge in [-0.3, -0.25) is 5.73 Å². The fourth-order valence-electron chi connectivity index (χ4n) is 0.512. The largest absolute Gasteiger partial charge is 0.438 e. The van der Waals surface area contributed by atoms with Crippen LogP contribution < -0.4 is 23.0 Å². The Balaban J connectivity index is 2.74. The summed E-state index contributed by atoms with van der Waals surface area (Å²) in [7, 11) is 0. The molecule has 1 unspecified atom stereocenters. The summed E-state index contributed by atoms with van der Waals surface area (Å²) in [4.78, 5) is 0. The summed E-state index contributed by atoms with van der Waals surface area (Å²) >= 11 is 0. The second-order valence-corrected chi connectivity index (χ2v) is 1.67. The van der Waals surface area contributed by atoms with Gasteiger partial charge in [0.15, 0.2) is 5.82 Å². The molecule has 0 fully saturated rings. The monoisotopic (exact) mass is 131 g/mol. The number of rotatable bonds is 0. The van der Waals surface area contributed by atoms with Gasteiger partial charge in [-0.15, -0.1) is 0 Å². The first-order chi connectivity index (χ1) is 4.13. The van der Waals surface area contributed by atoms with Gasteiger partial charge in [0.2, 0.25) is 12.2 Å². The minimum Gasteiger partial charge on any atom is -0.438 e. The van der Waals surface area contributed by atoms with E-state index >= 15 is 0 Å². The molecule has 0 spiro atoms. The average Bonchev–Trinajstić information content (AvgIpc) is 1.98. The van der Waals surface area contributed by atoms with Gasteiger partial charge in [-0.1, -0.05) is 0 Å². The summed E-state index contributed by atoms with van der Waals surface area (Å²) in [6, 6.07) is 0. The van der Waals surface area contributed by atoms with E-state index in [1.807, 2.05) is 0 Å². The van der Waals surface area contributed by atoms with E-state index in [0.717, 1.165) is 5.01 Å². The Labute approximate surface area is 52.0 Å². The zero-order valence-electron chi connectivity index (χ0n) is 4.74. The summed E-state index contributed by atoms with van der Waals surface area (Å²) in [5.74, 6) is 5.48. The highest BCUT2D eigenvalue weighted by atomic mass is 16.5. The predicted octanol–water partition coefficient (Wildman–Crippen LogP) is -2.52. The van der Waals surface area contributed by atoms with Crippen LogP contribution in [0.2, 0.25) is 0 Å². The lowest BCUT2D eigenvalue weighted by Gasteiger charge is -2.14. The third-order valence-corrected chi connectivity index (χ3v) is 1.05. The maximum absolute atomic E-state index is 5.26. The van der Waals surface area contributed by atoms with Crippen LogP contribution in [0.25, 0.3) is 0 Å². The van der Waals surface area contributed by atoms with Gasteiger partial charge in [0, 0.05) is 0 Å². The predicted molar refractivity (Wildman–Crippen MR) is 30.5 cm³/mol. The molecule has 1 rings (SSSR count). The number of nitrogens with zero attached hydrogens (tertiary/aromatic N) is 1. The fraction of sp³-hybridized carbons (Fsp3) is 0.333. The second-order valence-electron chi connectivity index (χ2n) is 1.67. The van der Waals surface area contributed by atoms with Crippen LogP contribution in [-0.4, -0.2) is 11.4 Å². The smallest absolute Gasteiger partial charge is 0.243 e. The third kappa shape index (κ3) is 0.734. The third-order valence-electron chi connectivity index (χ3n) is 1.05. The number of hydrazine groups is 1.